The molecule has 0 radical (unpaired) electrons. The third-order valence-corrected chi connectivity index (χ3v) is 3.18. The fourth-order valence-electron chi connectivity index (χ4n) is 2.01. The van der Waals surface area contributed by atoms with E-state index in [0.29, 0.717) is 25.2 Å². The van der Waals surface area contributed by atoms with E-state index >= 15 is 0 Å². The number of carboxylic acids is 1. The Bertz CT molecular complexity index is 515. The Hall–Kier alpha value is -2.08. The maximum Gasteiger partial charge on any atom is 0.335 e. The molecule has 1 aromatic carbocycles. The number of amides is 2. The maximum atomic E-state index is 11.9. The van der Waals surface area contributed by atoms with Crippen LogP contribution in [0, 0.1) is 6.92 Å². The molecule has 1 atom stereocenters. The number of anilines is 1. The minimum atomic E-state index is -1.04. The zero-order valence-electron chi connectivity index (χ0n) is 10.6. The molecular formula is C13H16N2O4. The molecule has 0 aliphatic carbocycles. The highest BCUT2D eigenvalue weighted by Gasteiger charge is 2.24. The lowest BCUT2D eigenvalue weighted by Gasteiger charge is -2.17. The van der Waals surface area contributed by atoms with E-state index in [1.807, 2.05) is 0 Å². The molecule has 1 aliphatic rings. The van der Waals surface area contributed by atoms with Crippen LogP contribution in [-0.2, 0) is 0 Å². The summed E-state index contributed by atoms with van der Waals surface area (Å²) >= 11 is 0. The number of benzene rings is 1. The summed E-state index contributed by atoms with van der Waals surface area (Å²) < 4.78 is 0. The van der Waals surface area contributed by atoms with Crippen molar-refractivity contribution < 1.29 is 19.8 Å². The maximum absolute atomic E-state index is 11.9. The van der Waals surface area contributed by atoms with E-state index in [-0.39, 0.29) is 11.6 Å². The van der Waals surface area contributed by atoms with Gasteiger partial charge in [0.1, 0.15) is 0 Å². The van der Waals surface area contributed by atoms with Crippen LogP contribution in [0.25, 0.3) is 0 Å². The van der Waals surface area contributed by atoms with Crippen molar-refractivity contribution in [2.24, 2.45) is 0 Å². The quantitative estimate of drug-likeness (QED) is 0.750. The van der Waals surface area contributed by atoms with Crippen molar-refractivity contribution >= 4 is 17.7 Å². The number of carbonyl (C=O) groups is 2. The molecule has 1 aliphatic heterocycles. The van der Waals surface area contributed by atoms with Crippen LogP contribution in [0.15, 0.2) is 18.2 Å². The van der Waals surface area contributed by atoms with Crippen molar-refractivity contribution in [3.63, 3.8) is 0 Å². The number of rotatable bonds is 2. The fraction of sp³-hybridized carbons (Fsp3) is 0.385. The molecule has 0 aromatic heterocycles. The van der Waals surface area contributed by atoms with Crippen molar-refractivity contribution in [1.82, 2.24) is 4.90 Å². The van der Waals surface area contributed by atoms with E-state index < -0.39 is 12.1 Å². The third-order valence-electron chi connectivity index (χ3n) is 3.18. The summed E-state index contributed by atoms with van der Waals surface area (Å²) in [5, 5.41) is 21.0. The lowest BCUT2D eigenvalue weighted by atomic mass is 10.1. The number of nitrogens with zero attached hydrogens (tertiary/aromatic N) is 1. The highest BCUT2D eigenvalue weighted by molar-refractivity contribution is 5.94. The summed E-state index contributed by atoms with van der Waals surface area (Å²) in [6, 6.07) is 4.26. The summed E-state index contributed by atoms with van der Waals surface area (Å²) in [5.41, 5.74) is 1.40. The van der Waals surface area contributed by atoms with Crippen molar-refractivity contribution in [3.05, 3.63) is 29.3 Å². The van der Waals surface area contributed by atoms with Crippen LogP contribution in [-0.4, -0.2) is 46.3 Å². The molecule has 1 unspecified atom stereocenters. The average Bonchev–Trinajstić information content (AvgIpc) is 2.78. The minimum absolute atomic E-state index is 0.127. The topological polar surface area (TPSA) is 89.9 Å². The smallest absolute Gasteiger partial charge is 0.335 e. The zero-order valence-corrected chi connectivity index (χ0v) is 10.6. The van der Waals surface area contributed by atoms with E-state index in [1.54, 1.807) is 13.0 Å². The number of aromatic carboxylic acids is 1. The number of likely N-dealkylation sites (tertiary alicyclic amines) is 1. The van der Waals surface area contributed by atoms with Gasteiger partial charge in [-0.2, -0.15) is 0 Å². The van der Waals surface area contributed by atoms with Gasteiger partial charge in [-0.15, -0.1) is 0 Å². The Kier molecular flexibility index (Phi) is 3.71. The SMILES string of the molecule is Cc1ccc(C(=O)O)cc1NC(=O)N1CCC(O)C1. The van der Waals surface area contributed by atoms with Gasteiger partial charge in [0, 0.05) is 18.8 Å². The van der Waals surface area contributed by atoms with Crippen LogP contribution >= 0.6 is 0 Å². The number of β-amino-alcohol motifs (C(OH)–C–C–N with tert-alkyl or cyclic N) is 1. The Morgan fingerprint density at radius 2 is 2.16 bits per heavy atom. The van der Waals surface area contributed by atoms with Gasteiger partial charge in [-0.05, 0) is 31.0 Å². The molecule has 6 heteroatoms. The van der Waals surface area contributed by atoms with Gasteiger partial charge >= 0.3 is 12.0 Å². The summed E-state index contributed by atoms with van der Waals surface area (Å²) in [4.78, 5) is 24.4. The number of nitrogens with one attached hydrogen (secondary N) is 1. The Labute approximate surface area is 110 Å². The average molecular weight is 264 g/mol. The van der Waals surface area contributed by atoms with Crippen LogP contribution in [0.4, 0.5) is 10.5 Å². The molecule has 19 heavy (non-hydrogen) atoms. The van der Waals surface area contributed by atoms with Crippen LogP contribution in [0.3, 0.4) is 0 Å². The molecule has 2 rings (SSSR count). The number of hydrogen-bond donors (Lipinski definition) is 3. The molecule has 0 bridgehead atoms. The van der Waals surface area contributed by atoms with Crippen LogP contribution in [0.1, 0.15) is 22.3 Å². The van der Waals surface area contributed by atoms with Gasteiger partial charge in [-0.3, -0.25) is 0 Å². The van der Waals surface area contributed by atoms with Gasteiger partial charge in [-0.1, -0.05) is 6.07 Å². The minimum Gasteiger partial charge on any atom is -0.478 e. The lowest BCUT2D eigenvalue weighted by Crippen LogP contribution is -2.33. The lowest BCUT2D eigenvalue weighted by molar-refractivity contribution is 0.0697. The first-order valence-corrected chi connectivity index (χ1v) is 6.05. The number of aliphatic hydroxyl groups is 1. The highest BCUT2D eigenvalue weighted by Crippen LogP contribution is 2.18. The zero-order chi connectivity index (χ0) is 14.0. The number of urea groups is 1. The predicted molar refractivity (Wildman–Crippen MR) is 69.4 cm³/mol. The van der Waals surface area contributed by atoms with E-state index in [4.69, 9.17) is 5.11 Å². The largest absolute Gasteiger partial charge is 0.478 e. The molecule has 0 spiro atoms. The Morgan fingerprint density at radius 3 is 2.74 bits per heavy atom. The van der Waals surface area contributed by atoms with Crippen LogP contribution in [0.2, 0.25) is 0 Å². The fourth-order valence-corrected chi connectivity index (χ4v) is 2.01. The van der Waals surface area contributed by atoms with Gasteiger partial charge in [-0.25, -0.2) is 9.59 Å². The first kappa shape index (κ1) is 13.4. The predicted octanol–water partition coefficient (Wildman–Crippen LogP) is 1.29. The Morgan fingerprint density at radius 1 is 1.42 bits per heavy atom. The first-order valence-electron chi connectivity index (χ1n) is 6.05. The Balaban J connectivity index is 2.12. The number of aliphatic hydroxyl groups excluding tert-OH is 1. The first-order chi connectivity index (χ1) is 8.97. The van der Waals surface area contributed by atoms with Crippen molar-refractivity contribution in [2.75, 3.05) is 18.4 Å². The van der Waals surface area contributed by atoms with E-state index in [9.17, 15) is 14.7 Å². The van der Waals surface area contributed by atoms with Gasteiger partial charge in [0.25, 0.3) is 0 Å². The number of hydrogen-bond acceptors (Lipinski definition) is 3. The second-order valence-corrected chi connectivity index (χ2v) is 4.65. The van der Waals surface area contributed by atoms with Crippen molar-refractivity contribution in [2.45, 2.75) is 19.4 Å². The normalized spacial score (nSPS) is 18.4. The van der Waals surface area contributed by atoms with E-state index in [0.717, 1.165) is 5.56 Å². The summed E-state index contributed by atoms with van der Waals surface area (Å²) in [5.74, 6) is -1.04. The molecule has 102 valence electrons. The number of carbonyl (C=O) groups excluding carboxylic acids is 1. The van der Waals surface area contributed by atoms with Gasteiger partial charge in [0.2, 0.25) is 0 Å². The second-order valence-electron chi connectivity index (χ2n) is 4.65. The van der Waals surface area contributed by atoms with Crippen molar-refractivity contribution in [1.29, 1.82) is 0 Å². The van der Waals surface area contributed by atoms with E-state index in [1.165, 1.54) is 17.0 Å². The number of carboxylic acid groups (broad SMARTS) is 1. The highest BCUT2D eigenvalue weighted by atomic mass is 16.4. The summed E-state index contributed by atoms with van der Waals surface area (Å²) in [7, 11) is 0. The van der Waals surface area contributed by atoms with Gasteiger partial charge in [0.15, 0.2) is 0 Å². The molecule has 6 nitrogen and oxygen atoms in total. The molecular weight excluding hydrogens is 248 g/mol. The molecule has 1 saturated heterocycles. The monoisotopic (exact) mass is 264 g/mol. The standard InChI is InChI=1S/C13H16N2O4/c1-8-2-3-9(12(17)18)6-11(8)14-13(19)15-5-4-10(16)7-15/h2-3,6,10,16H,4-5,7H2,1H3,(H,14,19)(H,17,18). The summed E-state index contributed by atoms with van der Waals surface area (Å²) in [6.07, 6.45) is 0.0962. The molecule has 2 amide bonds. The van der Waals surface area contributed by atoms with E-state index in [2.05, 4.69) is 5.32 Å². The molecule has 3 N–H and O–H groups in total. The third kappa shape index (κ3) is 3.03. The van der Waals surface area contributed by atoms with Crippen LogP contribution in [0.5, 0.6) is 0 Å². The number of aryl methyl sites for hydroxylation is 1. The van der Waals surface area contributed by atoms with Crippen molar-refractivity contribution in [3.8, 4) is 0 Å². The molecule has 1 aromatic rings. The molecule has 0 saturated carbocycles. The summed E-state index contributed by atoms with van der Waals surface area (Å²) in [6.45, 7) is 2.61. The molecule has 1 fully saturated rings. The second kappa shape index (κ2) is 5.27. The molecule has 1 heterocycles. The van der Waals surface area contributed by atoms with Gasteiger partial charge in [0.05, 0.1) is 11.7 Å². The van der Waals surface area contributed by atoms with Crippen LogP contribution < -0.4 is 5.32 Å². The van der Waals surface area contributed by atoms with Gasteiger partial charge < -0.3 is 20.4 Å².